The summed E-state index contributed by atoms with van der Waals surface area (Å²) in [5, 5.41) is 6.97. The molecular formula is C22H20F2N6O. The zero-order chi connectivity index (χ0) is 21.6. The summed E-state index contributed by atoms with van der Waals surface area (Å²) in [7, 11) is 0. The van der Waals surface area contributed by atoms with Crippen molar-refractivity contribution in [1.29, 1.82) is 0 Å². The first-order valence-electron chi connectivity index (χ1n) is 9.83. The van der Waals surface area contributed by atoms with Gasteiger partial charge in [-0.2, -0.15) is 5.10 Å². The van der Waals surface area contributed by atoms with Crippen LogP contribution in [0.25, 0.3) is 5.65 Å². The molecule has 0 aliphatic carbocycles. The van der Waals surface area contributed by atoms with Gasteiger partial charge >= 0.3 is 0 Å². The van der Waals surface area contributed by atoms with E-state index in [0.717, 1.165) is 43.2 Å². The summed E-state index contributed by atoms with van der Waals surface area (Å²) in [6.07, 6.45) is 7.37. The first kappa shape index (κ1) is 20.4. The topological polar surface area (TPSA) is 75.4 Å². The van der Waals surface area contributed by atoms with E-state index in [1.807, 2.05) is 18.3 Å². The number of amides is 1. The number of fused-ring (bicyclic) bond motifs is 1. The summed E-state index contributed by atoms with van der Waals surface area (Å²) in [6.45, 7) is 2.01. The largest absolute Gasteiger partial charge is 0.357 e. The minimum absolute atomic E-state index is 0.259. The zero-order valence-corrected chi connectivity index (χ0v) is 16.6. The van der Waals surface area contributed by atoms with Gasteiger partial charge in [0.15, 0.2) is 5.65 Å². The molecule has 1 amide bonds. The van der Waals surface area contributed by atoms with Crippen LogP contribution in [-0.4, -0.2) is 38.6 Å². The summed E-state index contributed by atoms with van der Waals surface area (Å²) in [5.74, 6) is 0.317. The molecule has 1 aliphatic heterocycles. The van der Waals surface area contributed by atoms with Gasteiger partial charge in [-0.25, -0.2) is 23.3 Å². The molecule has 0 saturated carbocycles. The van der Waals surface area contributed by atoms with Gasteiger partial charge in [0, 0.05) is 25.5 Å². The number of halogens is 2. The van der Waals surface area contributed by atoms with Gasteiger partial charge in [0.25, 0.3) is 5.91 Å². The van der Waals surface area contributed by atoms with E-state index in [-0.39, 0.29) is 5.91 Å². The maximum absolute atomic E-state index is 12.5. The molecule has 0 radical (unpaired) electrons. The molecule has 7 nitrogen and oxygen atoms in total. The van der Waals surface area contributed by atoms with E-state index < -0.39 is 11.6 Å². The number of anilines is 2. The van der Waals surface area contributed by atoms with Crippen LogP contribution in [0.5, 0.6) is 0 Å². The van der Waals surface area contributed by atoms with Crippen molar-refractivity contribution >= 4 is 23.2 Å². The number of hydrogen-bond donors (Lipinski definition) is 1. The highest BCUT2D eigenvalue weighted by Crippen LogP contribution is 2.20. The molecule has 3 aromatic heterocycles. The summed E-state index contributed by atoms with van der Waals surface area (Å²) >= 11 is 0. The second kappa shape index (κ2) is 9.29. The molecule has 1 aromatic carbocycles. The fourth-order valence-electron chi connectivity index (χ4n) is 3.19. The zero-order valence-electron chi connectivity index (χ0n) is 16.6. The Morgan fingerprint density at radius 2 is 1.68 bits per heavy atom. The maximum Gasteiger partial charge on any atom is 0.262 e. The van der Waals surface area contributed by atoms with E-state index in [1.165, 1.54) is 19.0 Å². The van der Waals surface area contributed by atoms with Crippen LogP contribution in [0.3, 0.4) is 0 Å². The van der Waals surface area contributed by atoms with Crippen molar-refractivity contribution in [3.63, 3.8) is 0 Å². The predicted molar refractivity (Wildman–Crippen MR) is 113 cm³/mol. The van der Waals surface area contributed by atoms with Crippen molar-refractivity contribution in [2.45, 2.75) is 12.8 Å². The highest BCUT2D eigenvalue weighted by atomic mass is 19.1. The lowest BCUT2D eigenvalue weighted by molar-refractivity contribution is 0.102. The number of carbonyl (C=O) groups excluding carboxylic acids is 1. The molecule has 1 aliphatic rings. The first-order valence-corrected chi connectivity index (χ1v) is 9.83. The van der Waals surface area contributed by atoms with Gasteiger partial charge in [-0.05, 0) is 55.3 Å². The second-order valence-electron chi connectivity index (χ2n) is 6.91. The SMILES string of the molecule is Fc1ccc(F)cc1.O=C(Nc1ccccn1)c1cnn2ccc(N3CCCC3)nc12. The fourth-order valence-corrected chi connectivity index (χ4v) is 3.19. The third-order valence-electron chi connectivity index (χ3n) is 4.74. The minimum atomic E-state index is -0.411. The van der Waals surface area contributed by atoms with Gasteiger partial charge in [0.1, 0.15) is 28.8 Å². The lowest BCUT2D eigenvalue weighted by atomic mass is 10.3. The first-order chi connectivity index (χ1) is 15.1. The third kappa shape index (κ3) is 5.00. The Morgan fingerprint density at radius 3 is 2.32 bits per heavy atom. The Bertz CT molecular complexity index is 1140. The number of benzene rings is 1. The van der Waals surface area contributed by atoms with E-state index in [1.54, 1.807) is 22.8 Å². The standard InChI is InChI=1S/C16H16N6O.C6H4F2/c23-16(19-13-5-1-2-7-17-13)12-11-18-22-10-6-14(20-15(12)22)21-8-3-4-9-21;7-5-1-2-6(8)4-3-5/h1-2,5-7,10-11H,3-4,8-9H2,(H,17,19,23);1-4H. The number of nitrogens with zero attached hydrogens (tertiary/aromatic N) is 5. The van der Waals surface area contributed by atoms with Crippen molar-refractivity contribution in [3.8, 4) is 0 Å². The van der Waals surface area contributed by atoms with Crippen LogP contribution < -0.4 is 10.2 Å². The van der Waals surface area contributed by atoms with Crippen LogP contribution in [0.15, 0.2) is 67.1 Å². The molecule has 4 heterocycles. The van der Waals surface area contributed by atoms with Gasteiger partial charge in [0.2, 0.25) is 0 Å². The fraction of sp³-hybridized carbons (Fsp3) is 0.182. The summed E-state index contributed by atoms with van der Waals surface area (Å²) < 4.78 is 25.5. The molecule has 0 unspecified atom stereocenters. The average Bonchev–Trinajstić information content (AvgIpc) is 3.46. The number of pyridine rings is 1. The van der Waals surface area contributed by atoms with Gasteiger partial charge in [-0.15, -0.1) is 0 Å². The van der Waals surface area contributed by atoms with Crippen molar-refractivity contribution in [1.82, 2.24) is 19.6 Å². The van der Waals surface area contributed by atoms with Crippen LogP contribution in [0.2, 0.25) is 0 Å². The van der Waals surface area contributed by atoms with Crippen molar-refractivity contribution in [3.05, 3.63) is 84.3 Å². The highest BCUT2D eigenvalue weighted by molar-refractivity contribution is 6.07. The minimum Gasteiger partial charge on any atom is -0.357 e. The molecule has 5 rings (SSSR count). The molecule has 158 valence electrons. The average molecular weight is 422 g/mol. The molecule has 1 saturated heterocycles. The van der Waals surface area contributed by atoms with Crippen LogP contribution in [-0.2, 0) is 0 Å². The van der Waals surface area contributed by atoms with E-state index in [0.29, 0.717) is 17.0 Å². The molecule has 0 bridgehead atoms. The Hall–Kier alpha value is -3.88. The quantitative estimate of drug-likeness (QED) is 0.541. The monoisotopic (exact) mass is 422 g/mol. The molecule has 0 spiro atoms. The highest BCUT2D eigenvalue weighted by Gasteiger charge is 2.18. The van der Waals surface area contributed by atoms with Crippen LogP contribution in [0.4, 0.5) is 20.4 Å². The number of hydrogen-bond acceptors (Lipinski definition) is 5. The number of carbonyl (C=O) groups is 1. The molecule has 9 heteroatoms. The van der Waals surface area contributed by atoms with E-state index in [4.69, 9.17) is 0 Å². The number of rotatable bonds is 3. The molecule has 1 fully saturated rings. The van der Waals surface area contributed by atoms with Gasteiger partial charge < -0.3 is 10.2 Å². The smallest absolute Gasteiger partial charge is 0.262 e. The molecule has 4 aromatic rings. The molecule has 1 N–H and O–H groups in total. The van der Waals surface area contributed by atoms with Crippen molar-refractivity contribution < 1.29 is 13.6 Å². The van der Waals surface area contributed by atoms with Gasteiger partial charge in [0.05, 0.1) is 6.20 Å². The summed E-state index contributed by atoms with van der Waals surface area (Å²) in [6, 6.07) is 11.6. The second-order valence-corrected chi connectivity index (χ2v) is 6.91. The Labute approximate surface area is 177 Å². The molecule has 0 atom stereocenters. The third-order valence-corrected chi connectivity index (χ3v) is 4.74. The Balaban J connectivity index is 0.000000245. The van der Waals surface area contributed by atoms with E-state index in [2.05, 4.69) is 25.3 Å². The summed E-state index contributed by atoms with van der Waals surface area (Å²) in [4.78, 5) is 23.4. The predicted octanol–water partition coefficient (Wildman–Crippen LogP) is 3.94. The van der Waals surface area contributed by atoms with E-state index >= 15 is 0 Å². The maximum atomic E-state index is 12.5. The van der Waals surface area contributed by atoms with Crippen LogP contribution in [0, 0.1) is 11.6 Å². The van der Waals surface area contributed by atoms with Gasteiger partial charge in [-0.3, -0.25) is 4.79 Å². The van der Waals surface area contributed by atoms with Crippen molar-refractivity contribution in [2.75, 3.05) is 23.3 Å². The normalized spacial score (nSPS) is 13.0. The van der Waals surface area contributed by atoms with Crippen LogP contribution in [0.1, 0.15) is 23.2 Å². The molecule has 31 heavy (non-hydrogen) atoms. The lowest BCUT2D eigenvalue weighted by Crippen LogP contribution is -2.19. The summed E-state index contributed by atoms with van der Waals surface area (Å²) in [5.41, 5.74) is 1.000. The van der Waals surface area contributed by atoms with Crippen molar-refractivity contribution in [2.24, 2.45) is 0 Å². The number of nitrogens with one attached hydrogen (secondary N) is 1. The Morgan fingerprint density at radius 1 is 0.968 bits per heavy atom. The van der Waals surface area contributed by atoms with Crippen LogP contribution >= 0.6 is 0 Å². The van der Waals surface area contributed by atoms with Gasteiger partial charge in [-0.1, -0.05) is 6.07 Å². The Kier molecular flexibility index (Phi) is 6.11. The lowest BCUT2D eigenvalue weighted by Gasteiger charge is -2.16. The van der Waals surface area contributed by atoms with E-state index in [9.17, 15) is 13.6 Å². The number of aromatic nitrogens is 4. The molecular weight excluding hydrogens is 402 g/mol.